The number of nitrogens with zero attached hydrogens (tertiary/aromatic N) is 1. The Kier molecular flexibility index (Phi) is 3.25. The lowest BCUT2D eigenvalue weighted by Gasteiger charge is -2.34. The van der Waals surface area contributed by atoms with Gasteiger partial charge >= 0.3 is 0 Å². The van der Waals surface area contributed by atoms with E-state index in [9.17, 15) is 0 Å². The lowest BCUT2D eigenvalue weighted by Crippen LogP contribution is -2.38. The van der Waals surface area contributed by atoms with Gasteiger partial charge in [-0.3, -0.25) is 0 Å². The highest BCUT2D eigenvalue weighted by Crippen LogP contribution is 2.41. The van der Waals surface area contributed by atoms with Crippen molar-refractivity contribution in [2.45, 2.75) is 26.2 Å². The normalized spacial score (nSPS) is 22.7. The standard InChI is InChI=1S/C15H21ClN2/c1-12-10-13(16)2-3-14(12)18-9-6-15(11-18)4-7-17-8-5-15/h2-3,10,17H,4-9,11H2,1H3. The summed E-state index contributed by atoms with van der Waals surface area (Å²) in [6.45, 7) is 6.95. The molecule has 1 N–H and O–H groups in total. The lowest BCUT2D eigenvalue weighted by molar-refractivity contribution is 0.232. The van der Waals surface area contributed by atoms with Crippen LogP contribution in [0, 0.1) is 12.3 Å². The van der Waals surface area contributed by atoms with Crippen LogP contribution in [0.3, 0.4) is 0 Å². The molecule has 2 aliphatic rings. The maximum atomic E-state index is 6.04. The van der Waals surface area contributed by atoms with Gasteiger partial charge in [0.25, 0.3) is 0 Å². The van der Waals surface area contributed by atoms with Crippen LogP contribution in [0.15, 0.2) is 18.2 Å². The van der Waals surface area contributed by atoms with Gasteiger partial charge in [-0.1, -0.05) is 11.6 Å². The summed E-state index contributed by atoms with van der Waals surface area (Å²) < 4.78 is 0. The zero-order valence-electron chi connectivity index (χ0n) is 11.0. The van der Waals surface area contributed by atoms with Crippen LogP contribution in [0.1, 0.15) is 24.8 Å². The van der Waals surface area contributed by atoms with Crippen molar-refractivity contribution in [3.05, 3.63) is 28.8 Å². The van der Waals surface area contributed by atoms with Gasteiger partial charge in [0.15, 0.2) is 0 Å². The minimum absolute atomic E-state index is 0.567. The SMILES string of the molecule is Cc1cc(Cl)ccc1N1CCC2(CCNCC2)C1. The summed E-state index contributed by atoms with van der Waals surface area (Å²) in [5, 5.41) is 4.31. The number of hydrogen-bond acceptors (Lipinski definition) is 2. The van der Waals surface area contributed by atoms with Gasteiger partial charge in [0, 0.05) is 23.8 Å². The van der Waals surface area contributed by atoms with Crippen LogP contribution >= 0.6 is 11.6 Å². The number of nitrogens with one attached hydrogen (secondary N) is 1. The second-order valence-electron chi connectivity index (χ2n) is 5.85. The number of aryl methyl sites for hydroxylation is 1. The fourth-order valence-electron chi connectivity index (χ4n) is 3.48. The van der Waals surface area contributed by atoms with E-state index in [0.29, 0.717) is 5.41 Å². The molecule has 2 heterocycles. The first kappa shape index (κ1) is 12.3. The molecule has 0 bridgehead atoms. The quantitative estimate of drug-likeness (QED) is 0.838. The Labute approximate surface area is 114 Å². The molecule has 0 saturated carbocycles. The van der Waals surface area contributed by atoms with Crippen LogP contribution in [-0.2, 0) is 0 Å². The first-order valence-electron chi connectivity index (χ1n) is 6.90. The van der Waals surface area contributed by atoms with E-state index in [4.69, 9.17) is 11.6 Å². The van der Waals surface area contributed by atoms with Gasteiger partial charge in [-0.25, -0.2) is 0 Å². The molecular weight excluding hydrogens is 244 g/mol. The Bertz CT molecular complexity index is 438. The van der Waals surface area contributed by atoms with Crippen molar-refractivity contribution in [1.29, 1.82) is 0 Å². The molecule has 0 atom stereocenters. The first-order chi connectivity index (χ1) is 8.69. The molecule has 2 aliphatic heterocycles. The van der Waals surface area contributed by atoms with Crippen LogP contribution in [0.25, 0.3) is 0 Å². The van der Waals surface area contributed by atoms with Gasteiger partial charge in [-0.2, -0.15) is 0 Å². The van der Waals surface area contributed by atoms with Gasteiger partial charge in [0.1, 0.15) is 0 Å². The minimum atomic E-state index is 0.567. The molecule has 2 fully saturated rings. The highest BCUT2D eigenvalue weighted by Gasteiger charge is 2.39. The van der Waals surface area contributed by atoms with E-state index >= 15 is 0 Å². The van der Waals surface area contributed by atoms with Crippen molar-refractivity contribution in [3.63, 3.8) is 0 Å². The fourth-order valence-corrected chi connectivity index (χ4v) is 3.71. The van der Waals surface area contributed by atoms with E-state index < -0.39 is 0 Å². The van der Waals surface area contributed by atoms with Crippen LogP contribution in [-0.4, -0.2) is 26.2 Å². The average Bonchev–Trinajstić information content (AvgIpc) is 2.74. The van der Waals surface area contributed by atoms with E-state index in [0.717, 1.165) is 5.02 Å². The molecule has 2 saturated heterocycles. The van der Waals surface area contributed by atoms with Crippen LogP contribution in [0.5, 0.6) is 0 Å². The molecule has 3 rings (SSSR count). The van der Waals surface area contributed by atoms with Crippen molar-refractivity contribution in [2.24, 2.45) is 5.41 Å². The minimum Gasteiger partial charge on any atom is -0.371 e. The molecule has 98 valence electrons. The molecule has 0 aliphatic carbocycles. The maximum Gasteiger partial charge on any atom is 0.0410 e. The molecule has 18 heavy (non-hydrogen) atoms. The monoisotopic (exact) mass is 264 g/mol. The first-order valence-corrected chi connectivity index (χ1v) is 7.28. The van der Waals surface area contributed by atoms with E-state index in [1.54, 1.807) is 0 Å². The van der Waals surface area contributed by atoms with Gasteiger partial charge in [0.05, 0.1) is 0 Å². The summed E-state index contributed by atoms with van der Waals surface area (Å²) in [4.78, 5) is 2.55. The molecule has 1 spiro atoms. The average molecular weight is 265 g/mol. The predicted octanol–water partition coefficient (Wildman–Crippen LogP) is 3.23. The van der Waals surface area contributed by atoms with Crippen molar-refractivity contribution in [3.8, 4) is 0 Å². The lowest BCUT2D eigenvalue weighted by atomic mass is 9.78. The van der Waals surface area contributed by atoms with Crippen LogP contribution < -0.4 is 10.2 Å². The van der Waals surface area contributed by atoms with Crippen LogP contribution in [0.2, 0.25) is 5.02 Å². The molecule has 2 nitrogen and oxygen atoms in total. The predicted molar refractivity (Wildman–Crippen MR) is 77.6 cm³/mol. The molecule has 1 aromatic rings. The molecule has 0 amide bonds. The number of anilines is 1. The van der Waals surface area contributed by atoms with Crippen molar-refractivity contribution < 1.29 is 0 Å². The Morgan fingerprint density at radius 2 is 2.00 bits per heavy atom. The van der Waals surface area contributed by atoms with Crippen LogP contribution in [0.4, 0.5) is 5.69 Å². The second-order valence-corrected chi connectivity index (χ2v) is 6.29. The Morgan fingerprint density at radius 3 is 2.72 bits per heavy atom. The summed E-state index contributed by atoms with van der Waals surface area (Å²) in [6, 6.07) is 6.26. The van der Waals surface area contributed by atoms with Gasteiger partial charge < -0.3 is 10.2 Å². The fraction of sp³-hybridized carbons (Fsp3) is 0.600. The summed E-state index contributed by atoms with van der Waals surface area (Å²) in [5.41, 5.74) is 3.24. The molecular formula is C15H21ClN2. The summed E-state index contributed by atoms with van der Waals surface area (Å²) in [7, 11) is 0. The van der Waals surface area contributed by atoms with E-state index in [1.807, 2.05) is 6.07 Å². The number of halogens is 1. The molecule has 0 radical (unpaired) electrons. The van der Waals surface area contributed by atoms with Crippen molar-refractivity contribution in [1.82, 2.24) is 5.32 Å². The van der Waals surface area contributed by atoms with E-state index in [-0.39, 0.29) is 0 Å². The number of piperidine rings is 1. The smallest absolute Gasteiger partial charge is 0.0410 e. The number of benzene rings is 1. The Balaban J connectivity index is 1.78. The zero-order chi connectivity index (χ0) is 12.6. The highest BCUT2D eigenvalue weighted by molar-refractivity contribution is 6.30. The van der Waals surface area contributed by atoms with E-state index in [1.165, 1.54) is 56.7 Å². The zero-order valence-corrected chi connectivity index (χ0v) is 11.8. The Hall–Kier alpha value is -0.730. The van der Waals surface area contributed by atoms with Crippen molar-refractivity contribution >= 4 is 17.3 Å². The summed E-state index contributed by atoms with van der Waals surface area (Å²) >= 11 is 6.04. The highest BCUT2D eigenvalue weighted by atomic mass is 35.5. The second kappa shape index (κ2) is 4.75. The Morgan fingerprint density at radius 1 is 1.22 bits per heavy atom. The summed E-state index contributed by atoms with van der Waals surface area (Å²) in [5.74, 6) is 0. The summed E-state index contributed by atoms with van der Waals surface area (Å²) in [6.07, 6.45) is 4.00. The third kappa shape index (κ3) is 2.24. The van der Waals surface area contributed by atoms with Crippen molar-refractivity contribution in [2.75, 3.05) is 31.1 Å². The topological polar surface area (TPSA) is 15.3 Å². The maximum absolute atomic E-state index is 6.04. The van der Waals surface area contributed by atoms with Gasteiger partial charge in [-0.15, -0.1) is 0 Å². The molecule has 3 heteroatoms. The third-order valence-electron chi connectivity index (χ3n) is 4.60. The molecule has 0 aromatic heterocycles. The number of hydrogen-bond donors (Lipinski definition) is 1. The van der Waals surface area contributed by atoms with E-state index in [2.05, 4.69) is 29.3 Å². The number of rotatable bonds is 1. The van der Waals surface area contributed by atoms with Gasteiger partial charge in [-0.05, 0) is 68.5 Å². The molecule has 0 unspecified atom stereocenters. The molecule has 1 aromatic carbocycles. The largest absolute Gasteiger partial charge is 0.371 e. The third-order valence-corrected chi connectivity index (χ3v) is 4.84. The van der Waals surface area contributed by atoms with Gasteiger partial charge in [0.2, 0.25) is 0 Å².